The van der Waals surface area contributed by atoms with Gasteiger partial charge in [0.1, 0.15) is 12.3 Å². The van der Waals surface area contributed by atoms with Crippen molar-refractivity contribution >= 4 is 58.1 Å². The lowest BCUT2D eigenvalue weighted by Gasteiger charge is -2.12. The van der Waals surface area contributed by atoms with Gasteiger partial charge in [0.2, 0.25) is 5.91 Å². The Bertz CT molecular complexity index is 1310. The lowest BCUT2D eigenvalue weighted by atomic mass is 10.2. The number of halogens is 1. The third-order valence-electron chi connectivity index (χ3n) is 4.69. The van der Waals surface area contributed by atoms with E-state index in [1.165, 1.54) is 6.08 Å². The number of ether oxygens (including phenoxy) is 1. The number of carbonyl (C=O) groups excluding carboxylic acids is 4. The van der Waals surface area contributed by atoms with Crippen molar-refractivity contribution in [2.24, 2.45) is 0 Å². The van der Waals surface area contributed by atoms with E-state index in [4.69, 9.17) is 16.3 Å². The van der Waals surface area contributed by atoms with Gasteiger partial charge in [-0.1, -0.05) is 54.1 Å². The van der Waals surface area contributed by atoms with Gasteiger partial charge in [-0.05, 0) is 59.8 Å². The molecule has 0 saturated carbocycles. The van der Waals surface area contributed by atoms with Gasteiger partial charge < -0.3 is 10.1 Å². The van der Waals surface area contributed by atoms with Gasteiger partial charge in [0.05, 0.1) is 15.5 Å². The maximum absolute atomic E-state index is 12.7. The topological polar surface area (TPSA) is 92.8 Å². The minimum absolute atomic E-state index is 0.159. The average molecular weight is 493 g/mol. The largest absolute Gasteiger partial charge is 0.423 e. The lowest BCUT2D eigenvalue weighted by Crippen LogP contribution is -2.36. The van der Waals surface area contributed by atoms with Gasteiger partial charge in [0.15, 0.2) is 0 Å². The first-order chi connectivity index (χ1) is 16.4. The van der Waals surface area contributed by atoms with Gasteiger partial charge in [0, 0.05) is 5.69 Å². The first-order valence-electron chi connectivity index (χ1n) is 10.1. The molecule has 0 unspecified atom stereocenters. The predicted octanol–water partition coefficient (Wildman–Crippen LogP) is 5.23. The Hall–Kier alpha value is -3.88. The molecule has 3 amide bonds. The van der Waals surface area contributed by atoms with Crippen LogP contribution in [0.3, 0.4) is 0 Å². The van der Waals surface area contributed by atoms with Crippen LogP contribution in [0.25, 0.3) is 6.08 Å². The molecular formula is C25H17ClN2O5S. The highest BCUT2D eigenvalue weighted by molar-refractivity contribution is 8.18. The van der Waals surface area contributed by atoms with Crippen molar-refractivity contribution in [3.63, 3.8) is 0 Å². The van der Waals surface area contributed by atoms with Gasteiger partial charge in [-0.3, -0.25) is 19.3 Å². The number of hydrogen-bond donors (Lipinski definition) is 1. The standard InChI is InChI=1S/C25H17ClN2O5S/c26-20-12-5-4-11-19(20)24(31)33-18-10-6-7-16(13-18)14-21-23(30)28(25(32)34-21)15-22(29)27-17-8-2-1-3-9-17/h1-14H,15H2,(H,27,29)/b21-14-. The Balaban J connectivity index is 1.44. The Labute approximate surface area is 204 Å². The second-order valence-electron chi connectivity index (χ2n) is 7.12. The average Bonchev–Trinajstić information content (AvgIpc) is 3.07. The van der Waals surface area contributed by atoms with Crippen molar-refractivity contribution in [2.45, 2.75) is 0 Å². The van der Waals surface area contributed by atoms with E-state index in [1.54, 1.807) is 72.8 Å². The molecule has 1 heterocycles. The Morgan fingerprint density at radius 3 is 2.47 bits per heavy atom. The van der Waals surface area contributed by atoms with E-state index >= 15 is 0 Å². The fraction of sp³-hybridized carbons (Fsp3) is 0.0400. The summed E-state index contributed by atoms with van der Waals surface area (Å²) in [7, 11) is 0. The molecule has 0 aromatic heterocycles. The monoisotopic (exact) mass is 492 g/mol. The van der Waals surface area contributed by atoms with Gasteiger partial charge in [-0.15, -0.1) is 0 Å². The maximum Gasteiger partial charge on any atom is 0.345 e. The van der Waals surface area contributed by atoms with E-state index in [-0.39, 0.29) is 21.2 Å². The van der Waals surface area contributed by atoms with E-state index < -0.39 is 29.6 Å². The summed E-state index contributed by atoms with van der Waals surface area (Å²) in [5.41, 5.74) is 1.34. The molecule has 0 radical (unpaired) electrons. The molecule has 0 bridgehead atoms. The Morgan fingerprint density at radius 1 is 0.971 bits per heavy atom. The van der Waals surface area contributed by atoms with Crippen molar-refractivity contribution in [3.8, 4) is 5.75 Å². The maximum atomic E-state index is 12.7. The van der Waals surface area contributed by atoms with E-state index in [0.29, 0.717) is 11.3 Å². The molecule has 34 heavy (non-hydrogen) atoms. The smallest absolute Gasteiger partial charge is 0.345 e. The van der Waals surface area contributed by atoms with Crippen LogP contribution in [-0.4, -0.2) is 34.5 Å². The highest BCUT2D eigenvalue weighted by Gasteiger charge is 2.36. The van der Waals surface area contributed by atoms with Crippen molar-refractivity contribution < 1.29 is 23.9 Å². The lowest BCUT2D eigenvalue weighted by molar-refractivity contribution is -0.127. The molecule has 4 rings (SSSR count). The Kier molecular flexibility index (Phi) is 7.10. The summed E-state index contributed by atoms with van der Waals surface area (Å²) in [6.07, 6.45) is 1.51. The van der Waals surface area contributed by atoms with E-state index in [0.717, 1.165) is 16.7 Å². The third kappa shape index (κ3) is 5.54. The minimum atomic E-state index is -0.618. The molecule has 170 valence electrons. The van der Waals surface area contributed by atoms with Crippen LogP contribution >= 0.6 is 23.4 Å². The summed E-state index contributed by atoms with van der Waals surface area (Å²) in [4.78, 5) is 50.8. The number of anilines is 1. The number of nitrogens with zero attached hydrogens (tertiary/aromatic N) is 1. The number of amides is 3. The molecule has 0 atom stereocenters. The first-order valence-corrected chi connectivity index (χ1v) is 11.3. The van der Waals surface area contributed by atoms with Crippen LogP contribution in [0.5, 0.6) is 5.75 Å². The number of imide groups is 1. The van der Waals surface area contributed by atoms with Crippen molar-refractivity contribution in [1.82, 2.24) is 4.90 Å². The second-order valence-corrected chi connectivity index (χ2v) is 8.52. The minimum Gasteiger partial charge on any atom is -0.423 e. The van der Waals surface area contributed by atoms with Gasteiger partial charge in [0.25, 0.3) is 11.1 Å². The van der Waals surface area contributed by atoms with Gasteiger partial charge in [-0.2, -0.15) is 0 Å². The van der Waals surface area contributed by atoms with Crippen LogP contribution in [0.4, 0.5) is 10.5 Å². The van der Waals surface area contributed by atoms with Gasteiger partial charge in [-0.25, -0.2) is 4.79 Å². The summed E-state index contributed by atoms with van der Waals surface area (Å²) < 4.78 is 5.39. The molecule has 1 saturated heterocycles. The molecule has 3 aromatic carbocycles. The zero-order chi connectivity index (χ0) is 24.1. The van der Waals surface area contributed by atoms with Crippen molar-refractivity contribution in [2.75, 3.05) is 11.9 Å². The predicted molar refractivity (Wildman–Crippen MR) is 131 cm³/mol. The fourth-order valence-corrected chi connectivity index (χ4v) is 4.16. The second kappa shape index (κ2) is 10.4. The quantitative estimate of drug-likeness (QED) is 0.287. The van der Waals surface area contributed by atoms with E-state index in [9.17, 15) is 19.2 Å². The molecule has 9 heteroatoms. The van der Waals surface area contributed by atoms with Crippen LogP contribution in [0.1, 0.15) is 15.9 Å². The van der Waals surface area contributed by atoms with Crippen LogP contribution in [0.2, 0.25) is 5.02 Å². The van der Waals surface area contributed by atoms with Crippen LogP contribution in [-0.2, 0) is 9.59 Å². The summed E-state index contributed by atoms with van der Waals surface area (Å²) in [5.74, 6) is -1.42. The highest BCUT2D eigenvalue weighted by Crippen LogP contribution is 2.32. The van der Waals surface area contributed by atoms with Crippen LogP contribution in [0, 0.1) is 0 Å². The molecule has 1 N–H and O–H groups in total. The van der Waals surface area contributed by atoms with E-state index in [1.807, 2.05) is 6.07 Å². The molecular weight excluding hydrogens is 476 g/mol. The zero-order valence-electron chi connectivity index (χ0n) is 17.6. The van der Waals surface area contributed by atoms with Crippen molar-refractivity contribution in [1.29, 1.82) is 0 Å². The number of benzene rings is 3. The van der Waals surface area contributed by atoms with Crippen LogP contribution in [0.15, 0.2) is 83.8 Å². The number of nitrogens with one attached hydrogen (secondary N) is 1. The van der Waals surface area contributed by atoms with Crippen LogP contribution < -0.4 is 10.1 Å². The molecule has 7 nitrogen and oxygen atoms in total. The number of para-hydroxylation sites is 1. The number of esters is 1. The summed E-state index contributed by atoms with van der Waals surface area (Å²) in [6.45, 7) is -0.396. The fourth-order valence-electron chi connectivity index (χ4n) is 3.11. The number of rotatable bonds is 6. The summed E-state index contributed by atoms with van der Waals surface area (Å²) in [5, 5.41) is 2.38. The molecule has 1 aliphatic rings. The number of thioether (sulfide) groups is 1. The highest BCUT2D eigenvalue weighted by atomic mass is 35.5. The number of carbonyl (C=O) groups is 4. The molecule has 3 aromatic rings. The zero-order valence-corrected chi connectivity index (χ0v) is 19.1. The normalized spacial score (nSPS) is 14.4. The summed E-state index contributed by atoms with van der Waals surface area (Å²) in [6, 6.07) is 21.8. The SMILES string of the molecule is O=C(CN1C(=O)S/C(=C\c2cccc(OC(=O)c3ccccc3Cl)c2)C1=O)Nc1ccccc1. The van der Waals surface area contributed by atoms with Gasteiger partial charge >= 0.3 is 5.97 Å². The Morgan fingerprint density at radius 2 is 1.71 bits per heavy atom. The first kappa shape index (κ1) is 23.3. The van der Waals surface area contributed by atoms with E-state index in [2.05, 4.69) is 5.32 Å². The third-order valence-corrected chi connectivity index (χ3v) is 5.93. The van der Waals surface area contributed by atoms with Crippen molar-refractivity contribution in [3.05, 3.63) is 99.9 Å². The summed E-state index contributed by atoms with van der Waals surface area (Å²) >= 11 is 6.78. The molecule has 1 aliphatic heterocycles. The molecule has 1 fully saturated rings. The number of hydrogen-bond acceptors (Lipinski definition) is 6. The molecule has 0 spiro atoms. The molecule has 0 aliphatic carbocycles.